The van der Waals surface area contributed by atoms with Crippen LogP contribution in [0.4, 0.5) is 9.59 Å². The van der Waals surface area contributed by atoms with Crippen LogP contribution in [-0.4, -0.2) is 25.5 Å². The SMILES string of the molecule is CCCCC(CC)COC(=O)Oc1c2cc(C)ccc2c(OC(=O)OCC(CC)CCCC)c2c(C)cccc12. The first-order chi connectivity index (χ1) is 19.3. The normalized spacial score (nSPS) is 12.8. The highest BCUT2D eigenvalue weighted by Crippen LogP contribution is 2.44. The summed E-state index contributed by atoms with van der Waals surface area (Å²) in [6.45, 7) is 13.1. The van der Waals surface area contributed by atoms with E-state index in [1.54, 1.807) is 0 Å². The van der Waals surface area contributed by atoms with Gasteiger partial charge in [-0.05, 0) is 50.2 Å². The van der Waals surface area contributed by atoms with Gasteiger partial charge in [-0.3, -0.25) is 0 Å². The molecule has 0 spiro atoms. The van der Waals surface area contributed by atoms with Gasteiger partial charge in [0.05, 0.1) is 13.2 Å². The fourth-order valence-corrected chi connectivity index (χ4v) is 5.09. The summed E-state index contributed by atoms with van der Waals surface area (Å²) in [6.07, 6.45) is 6.88. The number of carbonyl (C=O) groups excluding carboxylic acids is 2. The lowest BCUT2D eigenvalue weighted by atomic mass is 9.96. The zero-order valence-corrected chi connectivity index (χ0v) is 25.1. The molecule has 3 rings (SSSR count). The molecule has 6 nitrogen and oxygen atoms in total. The third-order valence-corrected chi connectivity index (χ3v) is 7.74. The molecule has 218 valence electrons. The van der Waals surface area contributed by atoms with E-state index in [1.165, 1.54) is 0 Å². The molecule has 2 atom stereocenters. The zero-order valence-electron chi connectivity index (χ0n) is 25.1. The molecule has 0 heterocycles. The predicted octanol–water partition coefficient (Wildman–Crippen LogP) is 10.1. The van der Waals surface area contributed by atoms with Crippen LogP contribution in [0.1, 0.15) is 90.2 Å². The van der Waals surface area contributed by atoms with E-state index in [9.17, 15) is 9.59 Å². The number of carbonyl (C=O) groups is 2. The Bertz CT molecular complexity index is 1280. The van der Waals surface area contributed by atoms with Gasteiger partial charge in [0.15, 0.2) is 5.75 Å². The van der Waals surface area contributed by atoms with Gasteiger partial charge in [-0.25, -0.2) is 9.59 Å². The van der Waals surface area contributed by atoms with Gasteiger partial charge in [0.1, 0.15) is 5.75 Å². The molecule has 0 bridgehead atoms. The van der Waals surface area contributed by atoms with E-state index in [1.807, 2.05) is 50.2 Å². The lowest BCUT2D eigenvalue weighted by molar-refractivity contribution is 0.0805. The van der Waals surface area contributed by atoms with Crippen molar-refractivity contribution in [3.05, 3.63) is 47.5 Å². The number of unbranched alkanes of at least 4 members (excludes halogenated alkanes) is 2. The summed E-state index contributed by atoms with van der Waals surface area (Å²) in [7, 11) is 0. The predicted molar refractivity (Wildman–Crippen MR) is 161 cm³/mol. The number of hydrogen-bond donors (Lipinski definition) is 0. The average molecular weight is 551 g/mol. The fourth-order valence-electron chi connectivity index (χ4n) is 5.09. The summed E-state index contributed by atoms with van der Waals surface area (Å²) in [5.74, 6) is 1.42. The van der Waals surface area contributed by atoms with Gasteiger partial charge in [0.25, 0.3) is 0 Å². The highest BCUT2D eigenvalue weighted by Gasteiger charge is 2.23. The summed E-state index contributed by atoms with van der Waals surface area (Å²) in [6, 6.07) is 11.5. The van der Waals surface area contributed by atoms with Crippen LogP contribution in [0.15, 0.2) is 36.4 Å². The molecule has 2 unspecified atom stereocenters. The maximum absolute atomic E-state index is 12.9. The molecule has 6 heteroatoms. The van der Waals surface area contributed by atoms with E-state index in [2.05, 4.69) is 27.7 Å². The molecule has 40 heavy (non-hydrogen) atoms. The standard InChI is InChI=1S/C34H46O6/c1-7-11-15-25(9-3)21-37-33(35)39-31-28-17-13-14-24(6)30(28)32(27-19-18-23(5)20-29(27)31)40-34(36)38-22-26(10-4)16-12-8-2/h13-14,17-20,25-26H,7-12,15-16,21-22H2,1-6H3. The first-order valence-electron chi connectivity index (χ1n) is 15.0. The second kappa shape index (κ2) is 15.5. The third-order valence-electron chi connectivity index (χ3n) is 7.74. The average Bonchev–Trinajstić information content (AvgIpc) is 2.95. The molecule has 0 saturated heterocycles. The summed E-state index contributed by atoms with van der Waals surface area (Å²) in [5.41, 5.74) is 1.87. The van der Waals surface area contributed by atoms with Crippen molar-refractivity contribution in [1.82, 2.24) is 0 Å². The molecule has 3 aromatic rings. The molecular formula is C34H46O6. The highest BCUT2D eigenvalue weighted by molar-refractivity contribution is 6.13. The lowest BCUT2D eigenvalue weighted by Gasteiger charge is -2.19. The van der Waals surface area contributed by atoms with Crippen LogP contribution >= 0.6 is 0 Å². The Kier molecular flexibility index (Phi) is 12.1. The molecular weight excluding hydrogens is 504 g/mol. The van der Waals surface area contributed by atoms with Crippen LogP contribution in [-0.2, 0) is 9.47 Å². The first kappa shape index (κ1) is 31.3. The van der Waals surface area contributed by atoms with Crippen LogP contribution in [0, 0.1) is 25.7 Å². The molecule has 0 saturated carbocycles. The Balaban J connectivity index is 1.95. The van der Waals surface area contributed by atoms with E-state index < -0.39 is 12.3 Å². The molecule has 0 fully saturated rings. The minimum Gasteiger partial charge on any atom is -0.434 e. The molecule has 0 aromatic heterocycles. The summed E-state index contributed by atoms with van der Waals surface area (Å²) in [4.78, 5) is 25.9. The van der Waals surface area contributed by atoms with Crippen LogP contribution in [0.2, 0.25) is 0 Å². The van der Waals surface area contributed by atoms with Crippen LogP contribution in [0.5, 0.6) is 11.5 Å². The maximum Gasteiger partial charge on any atom is 0.513 e. The van der Waals surface area contributed by atoms with Gasteiger partial charge in [0.2, 0.25) is 0 Å². The van der Waals surface area contributed by atoms with Crippen molar-refractivity contribution in [2.24, 2.45) is 11.8 Å². The summed E-state index contributed by atoms with van der Waals surface area (Å²) >= 11 is 0. The van der Waals surface area contributed by atoms with Crippen molar-refractivity contribution in [3.63, 3.8) is 0 Å². The van der Waals surface area contributed by atoms with Crippen molar-refractivity contribution in [3.8, 4) is 11.5 Å². The lowest BCUT2D eigenvalue weighted by Crippen LogP contribution is -2.18. The van der Waals surface area contributed by atoms with Crippen molar-refractivity contribution in [1.29, 1.82) is 0 Å². The van der Waals surface area contributed by atoms with Crippen molar-refractivity contribution < 1.29 is 28.5 Å². The Hall–Kier alpha value is -3.28. The zero-order chi connectivity index (χ0) is 29.1. The molecule has 0 aliphatic carbocycles. The Labute approximate surface area is 239 Å². The largest absolute Gasteiger partial charge is 0.513 e. The third kappa shape index (κ3) is 8.12. The van der Waals surface area contributed by atoms with Gasteiger partial charge in [-0.2, -0.15) is 0 Å². The van der Waals surface area contributed by atoms with Gasteiger partial charge in [-0.15, -0.1) is 0 Å². The number of rotatable bonds is 14. The van der Waals surface area contributed by atoms with E-state index in [0.29, 0.717) is 58.1 Å². The maximum atomic E-state index is 12.9. The molecule has 0 radical (unpaired) electrons. The van der Waals surface area contributed by atoms with E-state index in [0.717, 1.165) is 62.5 Å². The van der Waals surface area contributed by atoms with Gasteiger partial charge in [0, 0.05) is 21.5 Å². The topological polar surface area (TPSA) is 71.1 Å². The first-order valence-corrected chi connectivity index (χ1v) is 15.0. The Morgan fingerprint density at radius 1 is 0.700 bits per heavy atom. The quantitative estimate of drug-likeness (QED) is 0.113. The minimum absolute atomic E-state index is 0.307. The highest BCUT2D eigenvalue weighted by atomic mass is 16.7. The number of ether oxygens (including phenoxy) is 4. The molecule has 0 aliphatic rings. The smallest absolute Gasteiger partial charge is 0.434 e. The van der Waals surface area contributed by atoms with Crippen molar-refractivity contribution >= 4 is 33.9 Å². The number of benzene rings is 3. The summed E-state index contributed by atoms with van der Waals surface area (Å²) < 4.78 is 23.0. The Morgan fingerprint density at radius 3 is 1.82 bits per heavy atom. The van der Waals surface area contributed by atoms with Crippen LogP contribution in [0.3, 0.4) is 0 Å². The fraction of sp³-hybridized carbons (Fsp3) is 0.529. The van der Waals surface area contributed by atoms with Gasteiger partial charge in [-0.1, -0.05) is 102 Å². The second-order valence-corrected chi connectivity index (χ2v) is 10.9. The van der Waals surface area contributed by atoms with Gasteiger partial charge < -0.3 is 18.9 Å². The molecule has 0 N–H and O–H groups in total. The van der Waals surface area contributed by atoms with E-state index in [4.69, 9.17) is 18.9 Å². The van der Waals surface area contributed by atoms with E-state index in [-0.39, 0.29) is 0 Å². The number of aryl methyl sites for hydroxylation is 2. The van der Waals surface area contributed by atoms with Gasteiger partial charge >= 0.3 is 12.3 Å². The van der Waals surface area contributed by atoms with Crippen LogP contribution < -0.4 is 9.47 Å². The monoisotopic (exact) mass is 550 g/mol. The minimum atomic E-state index is -0.730. The molecule has 0 amide bonds. The van der Waals surface area contributed by atoms with Crippen molar-refractivity contribution in [2.75, 3.05) is 13.2 Å². The number of hydrogen-bond acceptors (Lipinski definition) is 6. The van der Waals surface area contributed by atoms with Crippen molar-refractivity contribution in [2.45, 2.75) is 92.9 Å². The van der Waals surface area contributed by atoms with E-state index >= 15 is 0 Å². The van der Waals surface area contributed by atoms with Crippen LogP contribution in [0.25, 0.3) is 21.5 Å². The number of fused-ring (bicyclic) bond motifs is 2. The summed E-state index contributed by atoms with van der Waals surface area (Å²) in [5, 5.41) is 2.71. The second-order valence-electron chi connectivity index (χ2n) is 10.9. The molecule has 3 aromatic carbocycles. The Morgan fingerprint density at radius 2 is 1.27 bits per heavy atom. The molecule has 0 aliphatic heterocycles.